The highest BCUT2D eigenvalue weighted by atomic mass is 127. The topological polar surface area (TPSA) is 3.24 Å². The minimum Gasteiger partial charge on any atom is -0.330 e. The molecule has 0 aromatic heterocycles. The lowest BCUT2D eigenvalue weighted by Crippen LogP contribution is -1.90. The van der Waals surface area contributed by atoms with Crippen LogP contribution in [0.15, 0.2) is 35.4 Å². The minimum atomic E-state index is 0.0858. The second-order valence-electron chi connectivity index (χ2n) is 2.27. The monoisotopic (exact) mass is 293 g/mol. The van der Waals surface area contributed by atoms with Crippen LogP contribution in [0.1, 0.15) is 0 Å². The summed E-state index contributed by atoms with van der Waals surface area (Å²) in [5, 5.41) is 2.10. The van der Waals surface area contributed by atoms with Gasteiger partial charge in [0.15, 0.2) is 0 Å². The van der Waals surface area contributed by atoms with E-state index in [-0.39, 0.29) is 21.0 Å². The molecule has 0 saturated heterocycles. The SMILES string of the molecule is CS/C=C\C1=CC=IN(C)C=C1. The maximum absolute atomic E-state index is 2.28. The number of rotatable bonds is 2. The average molecular weight is 293 g/mol. The van der Waals surface area contributed by atoms with E-state index in [2.05, 4.69) is 50.3 Å². The summed E-state index contributed by atoms with van der Waals surface area (Å²) in [7, 11) is 2.12. The van der Waals surface area contributed by atoms with Gasteiger partial charge in [-0.1, -0.05) is 0 Å². The van der Waals surface area contributed by atoms with Gasteiger partial charge in [-0.15, -0.1) is 11.8 Å². The predicted molar refractivity (Wildman–Crippen MR) is 67.7 cm³/mol. The van der Waals surface area contributed by atoms with Crippen molar-refractivity contribution in [3.05, 3.63) is 35.4 Å². The molecule has 0 saturated carbocycles. The second-order valence-corrected chi connectivity index (χ2v) is 5.81. The molecule has 12 heavy (non-hydrogen) atoms. The van der Waals surface area contributed by atoms with Crippen molar-refractivity contribution in [2.75, 3.05) is 13.3 Å². The zero-order chi connectivity index (χ0) is 8.81. The first-order valence-electron chi connectivity index (χ1n) is 3.60. The maximum atomic E-state index is 2.28. The summed E-state index contributed by atoms with van der Waals surface area (Å²) in [4.78, 5) is 0. The summed E-state index contributed by atoms with van der Waals surface area (Å²) < 4.78 is 4.54. The van der Waals surface area contributed by atoms with E-state index in [9.17, 15) is 0 Å². The lowest BCUT2D eigenvalue weighted by Gasteiger charge is -2.01. The van der Waals surface area contributed by atoms with Crippen molar-refractivity contribution in [1.82, 2.24) is 3.11 Å². The van der Waals surface area contributed by atoms with Crippen molar-refractivity contribution in [3.8, 4) is 0 Å². The number of hydrogen-bond donors (Lipinski definition) is 0. The number of nitrogens with zero attached hydrogens (tertiary/aromatic N) is 1. The summed E-state index contributed by atoms with van der Waals surface area (Å²) >= 11 is 1.81. The van der Waals surface area contributed by atoms with E-state index in [0.29, 0.717) is 0 Å². The molecule has 0 aliphatic carbocycles. The maximum Gasteiger partial charge on any atom is 0.0158 e. The summed E-state index contributed by atoms with van der Waals surface area (Å²) in [6.07, 6.45) is 10.7. The fraction of sp³-hybridized carbons (Fsp3) is 0.222. The van der Waals surface area contributed by atoms with Crippen LogP contribution in [0.25, 0.3) is 0 Å². The Labute approximate surface area is 88.3 Å². The molecular weight excluding hydrogens is 281 g/mol. The highest BCUT2D eigenvalue weighted by Crippen LogP contribution is 2.12. The van der Waals surface area contributed by atoms with Crippen LogP contribution < -0.4 is 0 Å². The van der Waals surface area contributed by atoms with Crippen LogP contribution in [0.4, 0.5) is 0 Å². The van der Waals surface area contributed by atoms with Gasteiger partial charge in [-0.25, -0.2) is 0 Å². The lowest BCUT2D eigenvalue weighted by atomic mass is 10.2. The van der Waals surface area contributed by atoms with E-state index >= 15 is 0 Å². The Balaban J connectivity index is 2.66. The number of halogens is 1. The van der Waals surface area contributed by atoms with E-state index < -0.39 is 0 Å². The standard InChI is InChI=1S/C9H12INS/c1-11-7-4-9(3-6-10-11)5-8-12-2/h3-8H,1-2H3/b8-5-. The Bertz CT molecular complexity index is 253. The minimum absolute atomic E-state index is 0.0858. The molecule has 0 fully saturated rings. The van der Waals surface area contributed by atoms with E-state index in [4.69, 9.17) is 0 Å². The van der Waals surface area contributed by atoms with E-state index in [0.717, 1.165) is 0 Å². The molecule has 1 aliphatic heterocycles. The molecule has 0 spiro atoms. The predicted octanol–water partition coefficient (Wildman–Crippen LogP) is 2.94. The molecule has 1 aliphatic rings. The van der Waals surface area contributed by atoms with Crippen molar-refractivity contribution in [1.29, 1.82) is 0 Å². The van der Waals surface area contributed by atoms with Crippen LogP contribution in [-0.2, 0) is 0 Å². The van der Waals surface area contributed by atoms with Crippen molar-refractivity contribution >= 4 is 36.8 Å². The largest absolute Gasteiger partial charge is 0.330 e. The van der Waals surface area contributed by atoms with Gasteiger partial charge in [0.05, 0.1) is 0 Å². The first-order valence-corrected chi connectivity index (χ1v) is 7.10. The van der Waals surface area contributed by atoms with Gasteiger partial charge in [0.1, 0.15) is 0 Å². The third kappa shape index (κ3) is 3.58. The highest BCUT2D eigenvalue weighted by molar-refractivity contribution is 14.2. The molecule has 0 bridgehead atoms. The quantitative estimate of drug-likeness (QED) is 0.569. The van der Waals surface area contributed by atoms with Gasteiger partial charge in [-0.3, -0.25) is 0 Å². The molecule has 1 rings (SSSR count). The number of hydrogen-bond acceptors (Lipinski definition) is 2. The Morgan fingerprint density at radius 2 is 2.42 bits per heavy atom. The van der Waals surface area contributed by atoms with Crippen molar-refractivity contribution in [2.24, 2.45) is 0 Å². The third-order valence-corrected chi connectivity index (χ3v) is 3.62. The fourth-order valence-electron chi connectivity index (χ4n) is 0.724. The summed E-state index contributed by atoms with van der Waals surface area (Å²) in [6, 6.07) is 0. The highest BCUT2D eigenvalue weighted by Gasteiger charge is 1.90. The molecule has 1 nitrogen and oxygen atoms in total. The molecule has 0 aromatic rings. The van der Waals surface area contributed by atoms with Gasteiger partial charge in [0, 0.05) is 13.2 Å². The van der Waals surface area contributed by atoms with Crippen molar-refractivity contribution in [2.45, 2.75) is 0 Å². The van der Waals surface area contributed by atoms with E-state index in [1.807, 2.05) is 0 Å². The smallest absolute Gasteiger partial charge is 0.0158 e. The van der Waals surface area contributed by atoms with Gasteiger partial charge in [-0.05, 0) is 60.5 Å². The Morgan fingerprint density at radius 1 is 1.58 bits per heavy atom. The molecule has 0 radical (unpaired) electrons. The van der Waals surface area contributed by atoms with Crippen LogP contribution >= 0.6 is 32.8 Å². The van der Waals surface area contributed by atoms with Crippen molar-refractivity contribution in [3.63, 3.8) is 0 Å². The van der Waals surface area contributed by atoms with Crippen molar-refractivity contribution < 1.29 is 0 Å². The van der Waals surface area contributed by atoms with Gasteiger partial charge in [0.2, 0.25) is 0 Å². The molecule has 0 amide bonds. The first-order chi connectivity index (χ1) is 5.83. The van der Waals surface area contributed by atoms with Gasteiger partial charge in [-0.2, -0.15) is 0 Å². The van der Waals surface area contributed by atoms with E-state index in [1.54, 1.807) is 11.8 Å². The molecule has 0 unspecified atom stereocenters. The normalized spacial score (nSPS) is 17.5. The van der Waals surface area contributed by atoms with Crippen LogP contribution in [0, 0.1) is 0 Å². The molecular formula is C9H12INS. The van der Waals surface area contributed by atoms with Gasteiger partial charge >= 0.3 is 0 Å². The summed E-state index contributed by atoms with van der Waals surface area (Å²) in [5.41, 5.74) is 1.29. The molecule has 66 valence electrons. The fourth-order valence-corrected chi connectivity index (χ4v) is 2.45. The average Bonchev–Trinajstić information content (AvgIpc) is 2.27. The number of thioether (sulfide) groups is 1. The molecule has 0 aromatic carbocycles. The number of allylic oxidation sites excluding steroid dienone is 4. The first kappa shape index (κ1) is 10.1. The van der Waals surface area contributed by atoms with Gasteiger partial charge in [0.25, 0.3) is 0 Å². The molecule has 3 heteroatoms. The third-order valence-electron chi connectivity index (χ3n) is 1.33. The zero-order valence-electron chi connectivity index (χ0n) is 7.20. The van der Waals surface area contributed by atoms with Crippen LogP contribution in [0.2, 0.25) is 0 Å². The molecule has 0 N–H and O–H groups in total. The molecule has 0 atom stereocenters. The zero-order valence-corrected chi connectivity index (χ0v) is 10.2. The van der Waals surface area contributed by atoms with E-state index in [1.165, 1.54) is 5.57 Å². The Kier molecular flexibility index (Phi) is 4.68. The van der Waals surface area contributed by atoms with Gasteiger partial charge < -0.3 is 3.11 Å². The van der Waals surface area contributed by atoms with Crippen LogP contribution in [0.3, 0.4) is 0 Å². The van der Waals surface area contributed by atoms with Crippen LogP contribution in [-0.4, -0.2) is 20.4 Å². The second kappa shape index (κ2) is 5.59. The molecule has 1 heterocycles. The Hall–Kier alpha value is -0.0300. The van der Waals surface area contributed by atoms with Crippen LogP contribution in [0.5, 0.6) is 0 Å². The lowest BCUT2D eigenvalue weighted by molar-refractivity contribution is 0.834. The Morgan fingerprint density at radius 3 is 3.17 bits per heavy atom. The summed E-state index contributed by atoms with van der Waals surface area (Å²) in [5.74, 6) is 0. The summed E-state index contributed by atoms with van der Waals surface area (Å²) in [6.45, 7) is 0.